The van der Waals surface area contributed by atoms with Gasteiger partial charge in [-0.05, 0) is 55.5 Å². The Morgan fingerprint density at radius 3 is 3.00 bits per heavy atom. The average molecular weight is 285 g/mol. The second-order valence-electron chi connectivity index (χ2n) is 7.21. The van der Waals surface area contributed by atoms with E-state index in [1.165, 1.54) is 49.0 Å². The first kappa shape index (κ1) is 13.6. The van der Waals surface area contributed by atoms with E-state index < -0.39 is 0 Å². The van der Waals surface area contributed by atoms with Crippen molar-refractivity contribution in [3.05, 3.63) is 29.3 Å². The molecule has 4 atom stereocenters. The Morgan fingerprint density at radius 2 is 2.24 bits per heavy atom. The first-order chi connectivity index (χ1) is 10.3. The first-order valence-electron chi connectivity index (χ1n) is 8.83. The fraction of sp³-hybridized carbons (Fsp3) is 0.684. The molecule has 1 heterocycles. The zero-order valence-electron chi connectivity index (χ0n) is 13.1. The van der Waals surface area contributed by atoms with Gasteiger partial charge in [0.2, 0.25) is 0 Å². The third-order valence-electron chi connectivity index (χ3n) is 5.99. The quantitative estimate of drug-likeness (QED) is 0.879. The van der Waals surface area contributed by atoms with Gasteiger partial charge in [0.25, 0.3) is 0 Å². The number of hydrogen-bond donors (Lipinski definition) is 1. The smallest absolute Gasteiger partial charge is 0.127 e. The molecule has 1 aromatic carbocycles. The molecule has 4 unspecified atom stereocenters. The van der Waals surface area contributed by atoms with Crippen LogP contribution in [-0.2, 0) is 6.42 Å². The molecule has 0 radical (unpaired) electrons. The van der Waals surface area contributed by atoms with Gasteiger partial charge in [0.05, 0.1) is 6.61 Å². The largest absolute Gasteiger partial charge is 0.493 e. The van der Waals surface area contributed by atoms with Crippen LogP contribution in [0.5, 0.6) is 5.75 Å². The molecule has 0 amide bonds. The van der Waals surface area contributed by atoms with Gasteiger partial charge in [-0.1, -0.05) is 31.5 Å². The fourth-order valence-corrected chi connectivity index (χ4v) is 5.05. The molecule has 1 aliphatic heterocycles. The van der Waals surface area contributed by atoms with Crippen molar-refractivity contribution in [3.63, 3.8) is 0 Å². The molecular formula is C19H27NO. The number of nitrogens with one attached hydrogen (secondary N) is 1. The van der Waals surface area contributed by atoms with Crippen molar-refractivity contribution in [1.82, 2.24) is 5.32 Å². The Labute approximate surface area is 128 Å². The number of rotatable bonds is 5. The highest BCUT2D eigenvalue weighted by Crippen LogP contribution is 2.51. The highest BCUT2D eigenvalue weighted by atomic mass is 16.5. The van der Waals surface area contributed by atoms with E-state index in [1.807, 2.05) is 0 Å². The molecule has 21 heavy (non-hydrogen) atoms. The van der Waals surface area contributed by atoms with Crippen LogP contribution in [0.3, 0.4) is 0 Å². The molecule has 3 aliphatic rings. The topological polar surface area (TPSA) is 21.3 Å². The van der Waals surface area contributed by atoms with Gasteiger partial charge in [-0.15, -0.1) is 0 Å². The van der Waals surface area contributed by atoms with Crippen LogP contribution in [0, 0.1) is 17.8 Å². The summed E-state index contributed by atoms with van der Waals surface area (Å²) < 4.78 is 5.94. The fourth-order valence-electron chi connectivity index (χ4n) is 5.05. The number of ether oxygens (including phenoxy) is 1. The zero-order chi connectivity index (χ0) is 14.2. The van der Waals surface area contributed by atoms with E-state index in [9.17, 15) is 0 Å². The summed E-state index contributed by atoms with van der Waals surface area (Å²) in [5.74, 6) is 4.17. The van der Waals surface area contributed by atoms with Gasteiger partial charge in [0.15, 0.2) is 0 Å². The molecule has 2 nitrogen and oxygen atoms in total. The van der Waals surface area contributed by atoms with Crippen molar-refractivity contribution in [3.8, 4) is 5.75 Å². The lowest BCUT2D eigenvalue weighted by Crippen LogP contribution is -2.25. The average Bonchev–Trinajstić information content (AvgIpc) is 3.22. The van der Waals surface area contributed by atoms with Crippen LogP contribution in [0.4, 0.5) is 0 Å². The predicted octanol–water partition coefficient (Wildman–Crippen LogP) is 4.10. The van der Waals surface area contributed by atoms with Crippen molar-refractivity contribution in [2.75, 3.05) is 13.2 Å². The van der Waals surface area contributed by atoms with Gasteiger partial charge in [-0.25, -0.2) is 0 Å². The number of fused-ring (bicyclic) bond motifs is 3. The second kappa shape index (κ2) is 5.64. The molecule has 2 heteroatoms. The Kier molecular flexibility index (Phi) is 3.66. The third kappa shape index (κ3) is 2.48. The van der Waals surface area contributed by atoms with E-state index in [0.29, 0.717) is 6.04 Å². The lowest BCUT2D eigenvalue weighted by Gasteiger charge is -2.28. The highest BCUT2D eigenvalue weighted by molar-refractivity contribution is 5.45. The number of hydrogen-bond acceptors (Lipinski definition) is 2. The van der Waals surface area contributed by atoms with Crippen LogP contribution in [0.25, 0.3) is 0 Å². The van der Waals surface area contributed by atoms with Crippen molar-refractivity contribution in [2.24, 2.45) is 17.8 Å². The molecule has 0 spiro atoms. The van der Waals surface area contributed by atoms with Crippen LogP contribution in [0.15, 0.2) is 18.2 Å². The van der Waals surface area contributed by atoms with Gasteiger partial charge in [0, 0.05) is 18.0 Å². The van der Waals surface area contributed by atoms with Crippen LogP contribution >= 0.6 is 0 Å². The molecule has 2 bridgehead atoms. The molecule has 0 aromatic heterocycles. The monoisotopic (exact) mass is 285 g/mol. The van der Waals surface area contributed by atoms with Crippen molar-refractivity contribution in [2.45, 2.75) is 51.5 Å². The van der Waals surface area contributed by atoms with Crippen LogP contribution < -0.4 is 10.1 Å². The highest BCUT2D eigenvalue weighted by Gasteiger charge is 2.40. The van der Waals surface area contributed by atoms with E-state index in [2.05, 4.69) is 30.4 Å². The summed E-state index contributed by atoms with van der Waals surface area (Å²) in [6.45, 7) is 4.12. The Hall–Kier alpha value is -1.02. The minimum atomic E-state index is 0.479. The summed E-state index contributed by atoms with van der Waals surface area (Å²) >= 11 is 0. The van der Waals surface area contributed by atoms with E-state index >= 15 is 0 Å². The number of para-hydroxylation sites is 1. The summed E-state index contributed by atoms with van der Waals surface area (Å²) in [6, 6.07) is 7.21. The zero-order valence-corrected chi connectivity index (χ0v) is 13.1. The predicted molar refractivity (Wildman–Crippen MR) is 85.6 cm³/mol. The van der Waals surface area contributed by atoms with Crippen LogP contribution in [-0.4, -0.2) is 13.2 Å². The molecule has 0 saturated heterocycles. The standard InChI is InChI=1S/C19H27NO/c1-2-20-18(12-16-11-13-6-7-15(16)10-13)17-5-3-4-14-8-9-21-19(14)17/h3-5,13,15-16,18,20H,2,6-12H2,1H3. The Balaban J connectivity index is 1.56. The molecule has 2 fully saturated rings. The molecule has 4 rings (SSSR count). The van der Waals surface area contributed by atoms with Gasteiger partial charge >= 0.3 is 0 Å². The molecule has 1 N–H and O–H groups in total. The lowest BCUT2D eigenvalue weighted by molar-refractivity contribution is 0.276. The molecule has 114 valence electrons. The molecule has 2 saturated carbocycles. The van der Waals surface area contributed by atoms with E-state index in [1.54, 1.807) is 0 Å². The molecule has 1 aromatic rings. The van der Waals surface area contributed by atoms with E-state index in [-0.39, 0.29) is 0 Å². The van der Waals surface area contributed by atoms with E-state index in [4.69, 9.17) is 4.74 Å². The minimum Gasteiger partial charge on any atom is -0.493 e. The maximum atomic E-state index is 5.94. The second-order valence-corrected chi connectivity index (χ2v) is 7.21. The minimum absolute atomic E-state index is 0.479. The van der Waals surface area contributed by atoms with Crippen molar-refractivity contribution in [1.29, 1.82) is 0 Å². The van der Waals surface area contributed by atoms with E-state index in [0.717, 1.165) is 37.3 Å². The maximum Gasteiger partial charge on any atom is 0.127 e. The molecular weight excluding hydrogens is 258 g/mol. The first-order valence-corrected chi connectivity index (χ1v) is 8.83. The maximum absolute atomic E-state index is 5.94. The number of benzene rings is 1. The van der Waals surface area contributed by atoms with Gasteiger partial charge in [-0.3, -0.25) is 0 Å². The van der Waals surface area contributed by atoms with Crippen molar-refractivity contribution < 1.29 is 4.74 Å². The van der Waals surface area contributed by atoms with Gasteiger partial charge in [0.1, 0.15) is 5.75 Å². The Bertz CT molecular complexity index is 512. The summed E-state index contributed by atoms with van der Waals surface area (Å²) in [5.41, 5.74) is 2.82. The summed E-state index contributed by atoms with van der Waals surface area (Å²) in [7, 11) is 0. The van der Waals surface area contributed by atoms with Gasteiger partial charge in [-0.2, -0.15) is 0 Å². The van der Waals surface area contributed by atoms with Crippen LogP contribution in [0.2, 0.25) is 0 Å². The SMILES string of the molecule is CCNC(CC1CC2CCC1C2)c1cccc2c1OCC2. The molecule has 2 aliphatic carbocycles. The van der Waals surface area contributed by atoms with Crippen LogP contribution in [0.1, 0.15) is 56.2 Å². The lowest BCUT2D eigenvalue weighted by atomic mass is 9.82. The van der Waals surface area contributed by atoms with Gasteiger partial charge < -0.3 is 10.1 Å². The summed E-state index contributed by atoms with van der Waals surface area (Å²) in [5, 5.41) is 3.73. The normalized spacial score (nSPS) is 31.2. The summed E-state index contributed by atoms with van der Waals surface area (Å²) in [4.78, 5) is 0. The Morgan fingerprint density at radius 1 is 1.29 bits per heavy atom. The van der Waals surface area contributed by atoms with Crippen molar-refractivity contribution >= 4 is 0 Å². The third-order valence-corrected chi connectivity index (χ3v) is 5.99. The summed E-state index contributed by atoms with van der Waals surface area (Å²) in [6.07, 6.45) is 8.34.